The average Bonchev–Trinajstić information content (AvgIpc) is 2.86. The maximum Gasteiger partial charge on any atom is 0.231 e. The molecule has 1 fully saturated rings. The Labute approximate surface area is 234 Å². The van der Waals surface area contributed by atoms with E-state index in [4.69, 9.17) is 43.6 Å². The van der Waals surface area contributed by atoms with E-state index in [9.17, 15) is 4.79 Å². The minimum atomic E-state index is -0.313. The Bertz CT molecular complexity index is 1330. The standard InChI is InChI=1S/C29H35Cl2N5O2/c1-17(2)24-14-36(12-11-35(24)15-26(32)37)29-22(16-38-25-8-6-7-23(30)27(25)31)20(5)33-28(34-29)21-13-18(3)9-10-19(21)4/h6-10,13,17,24H,11-12,14-16H2,1-5H3,(H2,32,37)/t24-/m1/s1. The third-order valence-corrected chi connectivity index (χ3v) is 7.88. The minimum Gasteiger partial charge on any atom is -0.487 e. The summed E-state index contributed by atoms with van der Waals surface area (Å²) in [7, 11) is 0. The monoisotopic (exact) mass is 555 g/mol. The van der Waals surface area contributed by atoms with Crippen molar-refractivity contribution in [3.8, 4) is 17.1 Å². The third-order valence-electron chi connectivity index (χ3n) is 7.08. The van der Waals surface area contributed by atoms with Crippen molar-refractivity contribution in [2.75, 3.05) is 31.1 Å². The summed E-state index contributed by atoms with van der Waals surface area (Å²) in [4.78, 5) is 26.2. The summed E-state index contributed by atoms with van der Waals surface area (Å²) >= 11 is 12.6. The molecule has 2 N–H and O–H groups in total. The SMILES string of the molecule is Cc1ccc(C)c(-c2nc(C)c(COc3cccc(Cl)c3Cl)c(N3CCN(CC(N)=O)[C@@H](C(C)C)C3)n2)c1. The first-order valence-electron chi connectivity index (χ1n) is 12.8. The van der Waals surface area contributed by atoms with Crippen LogP contribution in [0.5, 0.6) is 5.75 Å². The lowest BCUT2D eigenvalue weighted by Crippen LogP contribution is -2.57. The van der Waals surface area contributed by atoms with Gasteiger partial charge in [0.2, 0.25) is 5.91 Å². The molecule has 0 aliphatic carbocycles. The summed E-state index contributed by atoms with van der Waals surface area (Å²) in [6.45, 7) is 13.1. The summed E-state index contributed by atoms with van der Waals surface area (Å²) in [5.41, 5.74) is 10.5. The minimum absolute atomic E-state index is 0.145. The highest BCUT2D eigenvalue weighted by Gasteiger charge is 2.32. The Balaban J connectivity index is 1.76. The van der Waals surface area contributed by atoms with Gasteiger partial charge >= 0.3 is 0 Å². The van der Waals surface area contributed by atoms with Crippen LogP contribution in [0.25, 0.3) is 11.4 Å². The van der Waals surface area contributed by atoms with E-state index in [2.05, 4.69) is 55.7 Å². The summed E-state index contributed by atoms with van der Waals surface area (Å²) in [6, 6.07) is 11.8. The van der Waals surface area contributed by atoms with Gasteiger partial charge in [0, 0.05) is 31.2 Å². The molecule has 1 amide bonds. The number of amides is 1. The van der Waals surface area contributed by atoms with Crippen molar-refractivity contribution in [2.24, 2.45) is 11.7 Å². The molecular formula is C29H35Cl2N5O2. The van der Waals surface area contributed by atoms with E-state index >= 15 is 0 Å². The predicted molar refractivity (Wildman–Crippen MR) is 154 cm³/mol. The van der Waals surface area contributed by atoms with Crippen molar-refractivity contribution >= 4 is 34.9 Å². The molecule has 1 aromatic heterocycles. The van der Waals surface area contributed by atoms with Gasteiger partial charge in [-0.05, 0) is 50.5 Å². The topological polar surface area (TPSA) is 84.6 Å². The van der Waals surface area contributed by atoms with Crippen LogP contribution in [-0.4, -0.2) is 53.0 Å². The molecule has 1 atom stereocenters. The Kier molecular flexibility index (Phi) is 8.81. The zero-order valence-corrected chi connectivity index (χ0v) is 24.1. The number of aromatic nitrogens is 2. The van der Waals surface area contributed by atoms with Crippen LogP contribution in [0.4, 0.5) is 5.82 Å². The molecule has 7 nitrogen and oxygen atoms in total. The quantitative estimate of drug-likeness (QED) is 0.390. The number of rotatable bonds is 8. The third kappa shape index (κ3) is 6.22. The lowest BCUT2D eigenvalue weighted by Gasteiger charge is -2.44. The molecule has 202 valence electrons. The Morgan fingerprint density at radius 2 is 1.89 bits per heavy atom. The number of hydrogen-bond donors (Lipinski definition) is 1. The van der Waals surface area contributed by atoms with Gasteiger partial charge in [-0.1, -0.05) is 60.8 Å². The number of carbonyl (C=O) groups is 1. The van der Waals surface area contributed by atoms with Crippen molar-refractivity contribution in [1.29, 1.82) is 0 Å². The van der Waals surface area contributed by atoms with E-state index in [1.165, 1.54) is 0 Å². The first-order chi connectivity index (χ1) is 18.0. The number of anilines is 1. The van der Waals surface area contributed by atoms with Gasteiger partial charge in [0.1, 0.15) is 23.2 Å². The van der Waals surface area contributed by atoms with Gasteiger partial charge in [0.05, 0.1) is 22.8 Å². The van der Waals surface area contributed by atoms with E-state index in [1.54, 1.807) is 12.1 Å². The molecule has 0 spiro atoms. The van der Waals surface area contributed by atoms with Gasteiger partial charge < -0.3 is 15.4 Å². The molecule has 1 aliphatic rings. The van der Waals surface area contributed by atoms with Gasteiger partial charge in [-0.15, -0.1) is 0 Å². The number of carbonyl (C=O) groups excluding carboxylic acids is 1. The molecule has 0 bridgehead atoms. The fourth-order valence-corrected chi connectivity index (χ4v) is 5.27. The van der Waals surface area contributed by atoms with Crippen LogP contribution < -0.4 is 15.4 Å². The van der Waals surface area contributed by atoms with Crippen molar-refractivity contribution in [1.82, 2.24) is 14.9 Å². The van der Waals surface area contributed by atoms with Crippen LogP contribution in [0.1, 0.15) is 36.2 Å². The lowest BCUT2D eigenvalue weighted by atomic mass is 9.99. The Morgan fingerprint density at radius 1 is 1.13 bits per heavy atom. The molecule has 3 aromatic rings. The van der Waals surface area contributed by atoms with Crippen LogP contribution in [-0.2, 0) is 11.4 Å². The molecule has 1 saturated heterocycles. The number of piperazine rings is 1. The number of aryl methyl sites for hydroxylation is 3. The number of primary amides is 1. The van der Waals surface area contributed by atoms with Gasteiger partial charge in [0.25, 0.3) is 0 Å². The van der Waals surface area contributed by atoms with E-state index < -0.39 is 0 Å². The van der Waals surface area contributed by atoms with Crippen molar-refractivity contribution < 1.29 is 9.53 Å². The fraction of sp³-hybridized carbons (Fsp3) is 0.414. The molecule has 1 aliphatic heterocycles. The highest BCUT2D eigenvalue weighted by atomic mass is 35.5. The van der Waals surface area contributed by atoms with Crippen LogP contribution in [0, 0.1) is 26.7 Å². The zero-order valence-electron chi connectivity index (χ0n) is 22.6. The molecular weight excluding hydrogens is 521 g/mol. The lowest BCUT2D eigenvalue weighted by molar-refractivity contribution is -0.120. The number of benzene rings is 2. The highest BCUT2D eigenvalue weighted by Crippen LogP contribution is 2.34. The smallest absolute Gasteiger partial charge is 0.231 e. The molecule has 4 rings (SSSR count). The van der Waals surface area contributed by atoms with Crippen molar-refractivity contribution in [2.45, 2.75) is 47.3 Å². The molecule has 0 saturated carbocycles. The average molecular weight is 557 g/mol. The Hall–Kier alpha value is -2.87. The second kappa shape index (κ2) is 11.9. The summed E-state index contributed by atoms with van der Waals surface area (Å²) in [5.74, 6) is 2.03. The normalized spacial score (nSPS) is 16.2. The highest BCUT2D eigenvalue weighted by molar-refractivity contribution is 6.42. The van der Waals surface area contributed by atoms with E-state index in [1.807, 2.05) is 13.0 Å². The van der Waals surface area contributed by atoms with Gasteiger partial charge in [0.15, 0.2) is 5.82 Å². The van der Waals surface area contributed by atoms with E-state index in [-0.39, 0.29) is 25.1 Å². The number of ether oxygens (including phenoxy) is 1. The zero-order chi connectivity index (χ0) is 27.6. The second-order valence-electron chi connectivity index (χ2n) is 10.3. The largest absolute Gasteiger partial charge is 0.487 e. The number of hydrogen-bond acceptors (Lipinski definition) is 6. The second-order valence-corrected chi connectivity index (χ2v) is 11.1. The van der Waals surface area contributed by atoms with E-state index in [0.717, 1.165) is 33.8 Å². The van der Waals surface area contributed by atoms with Crippen LogP contribution in [0.15, 0.2) is 36.4 Å². The van der Waals surface area contributed by atoms with Gasteiger partial charge in [-0.2, -0.15) is 0 Å². The fourth-order valence-electron chi connectivity index (χ4n) is 4.92. The number of nitrogens with zero attached hydrogens (tertiary/aromatic N) is 4. The summed E-state index contributed by atoms with van der Waals surface area (Å²) in [5, 5.41) is 0.814. The number of nitrogens with two attached hydrogens (primary N) is 1. The van der Waals surface area contributed by atoms with Gasteiger partial charge in [-0.3, -0.25) is 9.69 Å². The maximum absolute atomic E-state index is 11.7. The molecule has 2 heterocycles. The van der Waals surface area contributed by atoms with Gasteiger partial charge in [-0.25, -0.2) is 9.97 Å². The van der Waals surface area contributed by atoms with Crippen LogP contribution in [0.2, 0.25) is 10.0 Å². The molecule has 2 aromatic carbocycles. The molecule has 38 heavy (non-hydrogen) atoms. The summed E-state index contributed by atoms with van der Waals surface area (Å²) in [6.07, 6.45) is 0. The number of halogens is 2. The Morgan fingerprint density at radius 3 is 2.61 bits per heavy atom. The van der Waals surface area contributed by atoms with Crippen molar-refractivity contribution in [3.05, 3.63) is 68.8 Å². The first kappa shape index (κ1) is 28.1. The predicted octanol–water partition coefficient (Wildman–Crippen LogP) is 5.59. The first-order valence-corrected chi connectivity index (χ1v) is 13.6. The van der Waals surface area contributed by atoms with Crippen molar-refractivity contribution in [3.63, 3.8) is 0 Å². The molecule has 0 radical (unpaired) electrons. The van der Waals surface area contributed by atoms with E-state index in [0.29, 0.717) is 47.2 Å². The summed E-state index contributed by atoms with van der Waals surface area (Å²) < 4.78 is 6.16. The molecule has 0 unspecified atom stereocenters. The molecule has 9 heteroatoms. The van der Waals surface area contributed by atoms with Crippen LogP contribution in [0.3, 0.4) is 0 Å². The maximum atomic E-state index is 11.7. The van der Waals surface area contributed by atoms with Crippen LogP contribution >= 0.6 is 23.2 Å².